The maximum atomic E-state index is 10.6. The fourth-order valence-corrected chi connectivity index (χ4v) is 0.972. The van der Waals surface area contributed by atoms with E-state index < -0.39 is 36.9 Å². The van der Waals surface area contributed by atoms with Crippen LogP contribution in [0, 0.1) is 0 Å². The molecule has 88 valence electrons. The van der Waals surface area contributed by atoms with E-state index in [9.17, 15) is 14.7 Å². The van der Waals surface area contributed by atoms with Crippen LogP contribution >= 0.6 is 0 Å². The Labute approximate surface area is 86.5 Å². The number of hydrogen-bond donors (Lipinski definition) is 4. The highest BCUT2D eigenvalue weighted by molar-refractivity contribution is 5.67. The first-order valence-corrected chi connectivity index (χ1v) is 4.29. The van der Waals surface area contributed by atoms with Gasteiger partial charge < -0.3 is 30.6 Å². The molecule has 0 aliphatic carbocycles. The molecule has 0 aromatic heterocycles. The summed E-state index contributed by atoms with van der Waals surface area (Å²) in [5.41, 5.74) is 5.26. The van der Waals surface area contributed by atoms with Gasteiger partial charge in [-0.3, -0.25) is 4.79 Å². The van der Waals surface area contributed by atoms with E-state index in [1.807, 2.05) is 0 Å². The number of hydrogen-bond acceptors (Lipinski definition) is 7. The summed E-state index contributed by atoms with van der Waals surface area (Å²) in [5.74, 6) is -0.749. The van der Waals surface area contributed by atoms with E-state index in [4.69, 9.17) is 15.9 Å². The lowest BCUT2D eigenvalue weighted by Gasteiger charge is -2.27. The number of aliphatic hydroxyl groups excluding tert-OH is 3. The average Bonchev–Trinajstić information content (AvgIpc) is 2.22. The summed E-state index contributed by atoms with van der Waals surface area (Å²) >= 11 is 0. The second-order valence-corrected chi connectivity index (χ2v) is 3.03. The Hall–Kier alpha value is -1.02. The number of aldehydes is 1. The van der Waals surface area contributed by atoms with Crippen molar-refractivity contribution in [2.24, 2.45) is 5.73 Å². The third kappa shape index (κ3) is 4.34. The number of nitrogens with two attached hydrogens (primary N) is 1. The van der Waals surface area contributed by atoms with Gasteiger partial charge in [0, 0.05) is 6.92 Å². The molecule has 0 aliphatic rings. The molecule has 0 amide bonds. The number of rotatable bonds is 6. The predicted octanol–water partition coefficient (Wildman–Crippen LogP) is -2.84. The van der Waals surface area contributed by atoms with Crippen molar-refractivity contribution in [2.75, 3.05) is 6.61 Å². The summed E-state index contributed by atoms with van der Waals surface area (Å²) in [4.78, 5) is 21.0. The van der Waals surface area contributed by atoms with Crippen LogP contribution in [0.4, 0.5) is 0 Å². The number of ether oxygens (including phenoxy) is 1. The smallest absolute Gasteiger partial charge is 0.303 e. The van der Waals surface area contributed by atoms with Crippen molar-refractivity contribution in [1.29, 1.82) is 0 Å². The lowest BCUT2D eigenvalue weighted by Crippen LogP contribution is -2.52. The topological polar surface area (TPSA) is 130 Å². The third-order valence-electron chi connectivity index (χ3n) is 1.76. The Morgan fingerprint density at radius 2 is 2.07 bits per heavy atom. The highest BCUT2D eigenvalue weighted by atomic mass is 16.6. The van der Waals surface area contributed by atoms with Crippen LogP contribution in [0.2, 0.25) is 0 Å². The minimum Gasteiger partial charge on any atom is -0.458 e. The lowest BCUT2D eigenvalue weighted by atomic mass is 10.0. The van der Waals surface area contributed by atoms with E-state index in [2.05, 4.69) is 4.74 Å². The Kier molecular flexibility index (Phi) is 6.02. The van der Waals surface area contributed by atoms with Crippen LogP contribution in [-0.4, -0.2) is 58.5 Å². The van der Waals surface area contributed by atoms with Gasteiger partial charge in [0.05, 0.1) is 6.61 Å². The molecule has 15 heavy (non-hydrogen) atoms. The molecule has 0 rings (SSSR count). The number of esters is 1. The van der Waals surface area contributed by atoms with Gasteiger partial charge in [0.25, 0.3) is 0 Å². The van der Waals surface area contributed by atoms with Crippen molar-refractivity contribution in [2.45, 2.75) is 31.3 Å². The number of carbonyl (C=O) groups is 2. The van der Waals surface area contributed by atoms with E-state index in [0.29, 0.717) is 0 Å². The molecule has 0 fully saturated rings. The van der Waals surface area contributed by atoms with Crippen molar-refractivity contribution in [1.82, 2.24) is 0 Å². The van der Waals surface area contributed by atoms with Gasteiger partial charge in [-0.15, -0.1) is 0 Å². The van der Waals surface area contributed by atoms with Crippen molar-refractivity contribution >= 4 is 12.3 Å². The first-order valence-electron chi connectivity index (χ1n) is 4.29. The largest absolute Gasteiger partial charge is 0.458 e. The monoisotopic (exact) mass is 221 g/mol. The molecule has 0 spiro atoms. The van der Waals surface area contributed by atoms with Gasteiger partial charge in [0.1, 0.15) is 24.5 Å². The molecule has 0 radical (unpaired) electrons. The van der Waals surface area contributed by atoms with Gasteiger partial charge in [0.15, 0.2) is 6.10 Å². The first-order chi connectivity index (χ1) is 6.93. The molecule has 5 N–H and O–H groups in total. The highest BCUT2D eigenvalue weighted by Gasteiger charge is 2.33. The molecule has 4 atom stereocenters. The van der Waals surface area contributed by atoms with E-state index in [-0.39, 0.29) is 6.29 Å². The van der Waals surface area contributed by atoms with E-state index in [1.165, 1.54) is 0 Å². The third-order valence-corrected chi connectivity index (χ3v) is 1.76. The van der Waals surface area contributed by atoms with Crippen molar-refractivity contribution < 1.29 is 29.6 Å². The lowest BCUT2D eigenvalue weighted by molar-refractivity contribution is -0.161. The van der Waals surface area contributed by atoms with Crippen LogP contribution in [0.3, 0.4) is 0 Å². The maximum Gasteiger partial charge on any atom is 0.303 e. The normalized spacial score (nSPS) is 18.7. The van der Waals surface area contributed by atoms with Crippen LogP contribution in [0.25, 0.3) is 0 Å². The second-order valence-electron chi connectivity index (χ2n) is 3.03. The molecule has 7 nitrogen and oxygen atoms in total. The van der Waals surface area contributed by atoms with Gasteiger partial charge in [-0.05, 0) is 0 Å². The van der Waals surface area contributed by atoms with Crippen LogP contribution in [0.15, 0.2) is 0 Å². The molecule has 0 aromatic carbocycles. The summed E-state index contributed by atoms with van der Waals surface area (Å²) in [5, 5.41) is 27.1. The van der Waals surface area contributed by atoms with Gasteiger partial charge in [-0.2, -0.15) is 0 Å². The molecule has 0 unspecified atom stereocenters. The molecule has 0 saturated heterocycles. The Morgan fingerprint density at radius 1 is 1.53 bits per heavy atom. The summed E-state index contributed by atoms with van der Waals surface area (Å²) < 4.78 is 4.57. The molecule has 7 heteroatoms. The van der Waals surface area contributed by atoms with Crippen LogP contribution in [0.5, 0.6) is 0 Å². The minimum atomic E-state index is -1.61. The maximum absolute atomic E-state index is 10.6. The SMILES string of the molecule is CC(=O)O[C@@H]([C@H](O)[C@H](O)CO)[C@H](N)C=O. The van der Waals surface area contributed by atoms with Crippen molar-refractivity contribution in [3.63, 3.8) is 0 Å². The minimum absolute atomic E-state index is 0.279. The molecule has 0 heterocycles. The second kappa shape index (κ2) is 6.46. The van der Waals surface area contributed by atoms with Gasteiger partial charge in [-0.1, -0.05) is 0 Å². The molecular weight excluding hydrogens is 206 g/mol. The molecule has 0 aromatic rings. The Balaban J connectivity index is 4.60. The van der Waals surface area contributed by atoms with E-state index in [1.54, 1.807) is 0 Å². The van der Waals surface area contributed by atoms with Crippen LogP contribution < -0.4 is 5.73 Å². The fourth-order valence-electron chi connectivity index (χ4n) is 0.972. The summed E-state index contributed by atoms with van der Waals surface area (Å²) in [7, 11) is 0. The quantitative estimate of drug-likeness (QED) is 0.280. The summed E-state index contributed by atoms with van der Waals surface area (Å²) in [6.45, 7) is 0.340. The summed E-state index contributed by atoms with van der Waals surface area (Å²) in [6, 6.07) is -1.26. The zero-order chi connectivity index (χ0) is 12.0. The number of carbonyl (C=O) groups excluding carboxylic acids is 2. The van der Waals surface area contributed by atoms with Crippen molar-refractivity contribution in [3.8, 4) is 0 Å². The standard InChI is InChI=1S/C8H15NO6/c1-4(12)15-8(5(9)2-10)7(14)6(13)3-11/h2,5-8,11,13-14H,3,9H2,1H3/t5-,6-,7-,8-/m1/s1. The molecular formula is C8H15NO6. The molecule has 0 saturated carbocycles. The zero-order valence-electron chi connectivity index (χ0n) is 8.24. The van der Waals surface area contributed by atoms with Gasteiger partial charge in [-0.25, -0.2) is 0 Å². The Morgan fingerprint density at radius 3 is 2.40 bits per heavy atom. The molecule has 0 aliphatic heterocycles. The van der Waals surface area contributed by atoms with Gasteiger partial charge in [0.2, 0.25) is 0 Å². The zero-order valence-corrected chi connectivity index (χ0v) is 8.24. The van der Waals surface area contributed by atoms with Gasteiger partial charge >= 0.3 is 5.97 Å². The van der Waals surface area contributed by atoms with Crippen molar-refractivity contribution in [3.05, 3.63) is 0 Å². The fraction of sp³-hybridized carbons (Fsp3) is 0.750. The molecule has 0 bridgehead atoms. The predicted molar refractivity (Wildman–Crippen MR) is 48.7 cm³/mol. The van der Waals surface area contributed by atoms with Crippen LogP contribution in [0.1, 0.15) is 6.92 Å². The Bertz CT molecular complexity index is 221. The van der Waals surface area contributed by atoms with Crippen LogP contribution in [-0.2, 0) is 14.3 Å². The summed E-state index contributed by atoms with van der Waals surface area (Å²) in [6.07, 6.45) is -4.23. The highest BCUT2D eigenvalue weighted by Crippen LogP contribution is 2.07. The number of aliphatic hydroxyl groups is 3. The van der Waals surface area contributed by atoms with E-state index >= 15 is 0 Å². The first kappa shape index (κ1) is 14.0. The average molecular weight is 221 g/mol. The van der Waals surface area contributed by atoms with E-state index in [0.717, 1.165) is 6.92 Å².